The molecular weight excluding hydrogens is 348 g/mol. The summed E-state index contributed by atoms with van der Waals surface area (Å²) >= 11 is 1.70. The number of H-pyrrole nitrogens is 1. The number of nitrogens with zero attached hydrogens (tertiary/aromatic N) is 3. The minimum atomic E-state index is -0.409. The molecule has 0 aromatic carbocycles. The molecule has 2 heterocycles. The van der Waals surface area contributed by atoms with Gasteiger partial charge < -0.3 is 4.57 Å². The zero-order valence-corrected chi connectivity index (χ0v) is 17.2. The lowest BCUT2D eigenvalue weighted by atomic mass is 10.1. The number of thioether (sulfide) groups is 1. The summed E-state index contributed by atoms with van der Waals surface area (Å²) in [4.78, 5) is 31.3. The van der Waals surface area contributed by atoms with Crippen LogP contribution in [0.1, 0.15) is 71.6 Å². The molecule has 2 rings (SSSR count). The second-order valence-electron chi connectivity index (χ2n) is 6.86. The van der Waals surface area contributed by atoms with Gasteiger partial charge in [-0.25, -0.2) is 9.78 Å². The molecule has 0 saturated heterocycles. The lowest BCUT2D eigenvalue weighted by Crippen LogP contribution is -2.29. The smallest absolute Gasteiger partial charge is 0.313 e. The van der Waals surface area contributed by atoms with E-state index in [2.05, 4.69) is 23.8 Å². The molecule has 0 bridgehead atoms. The summed E-state index contributed by atoms with van der Waals surface area (Å²) in [7, 11) is 1.66. The Morgan fingerprint density at radius 3 is 2.35 bits per heavy atom. The molecule has 146 valence electrons. The maximum Gasteiger partial charge on any atom is 0.329 e. The van der Waals surface area contributed by atoms with E-state index in [9.17, 15) is 9.59 Å². The Bertz CT molecular complexity index is 806. The summed E-state index contributed by atoms with van der Waals surface area (Å²) < 4.78 is 3.44. The van der Waals surface area contributed by atoms with E-state index in [-0.39, 0.29) is 5.56 Å². The van der Waals surface area contributed by atoms with Crippen LogP contribution in [0.4, 0.5) is 0 Å². The van der Waals surface area contributed by atoms with Gasteiger partial charge in [-0.15, -0.1) is 0 Å². The predicted molar refractivity (Wildman–Crippen MR) is 109 cm³/mol. The standard InChI is InChI=1S/C19H32N4O2S/c1-4-6-8-9-10-12-14-26-19-20-16-15(23(19)13-11-7-5-2)17(24)21-18(25)22(16)3/h4-14H2,1-3H3,(H,21,24,25). The number of hydrogen-bond donors (Lipinski definition) is 1. The summed E-state index contributed by atoms with van der Waals surface area (Å²) in [6, 6.07) is 0. The minimum Gasteiger partial charge on any atom is -0.313 e. The Hall–Kier alpha value is -1.50. The van der Waals surface area contributed by atoms with Crippen molar-refractivity contribution < 1.29 is 0 Å². The van der Waals surface area contributed by atoms with Crippen molar-refractivity contribution in [2.75, 3.05) is 5.75 Å². The zero-order chi connectivity index (χ0) is 18.9. The van der Waals surface area contributed by atoms with Crippen LogP contribution in [0.25, 0.3) is 11.2 Å². The van der Waals surface area contributed by atoms with Crippen molar-refractivity contribution in [3.63, 3.8) is 0 Å². The first-order valence-electron chi connectivity index (χ1n) is 9.92. The average molecular weight is 381 g/mol. The van der Waals surface area contributed by atoms with Gasteiger partial charge in [0.15, 0.2) is 16.3 Å². The summed E-state index contributed by atoms with van der Waals surface area (Å²) in [6.45, 7) is 5.16. The highest BCUT2D eigenvalue weighted by Crippen LogP contribution is 2.23. The second-order valence-corrected chi connectivity index (χ2v) is 7.92. The van der Waals surface area contributed by atoms with Gasteiger partial charge in [0.05, 0.1) is 0 Å². The molecule has 2 aromatic rings. The number of aromatic amines is 1. The van der Waals surface area contributed by atoms with Gasteiger partial charge in [-0.05, 0) is 12.8 Å². The number of fused-ring (bicyclic) bond motifs is 1. The molecule has 0 fully saturated rings. The van der Waals surface area contributed by atoms with Crippen LogP contribution in [0.15, 0.2) is 14.7 Å². The van der Waals surface area contributed by atoms with Gasteiger partial charge in [0.1, 0.15) is 0 Å². The van der Waals surface area contributed by atoms with Crippen molar-refractivity contribution in [3.05, 3.63) is 20.8 Å². The van der Waals surface area contributed by atoms with Gasteiger partial charge in [-0.2, -0.15) is 0 Å². The van der Waals surface area contributed by atoms with Crippen LogP contribution < -0.4 is 11.2 Å². The third-order valence-electron chi connectivity index (χ3n) is 4.69. The van der Waals surface area contributed by atoms with Crippen molar-refractivity contribution in [1.29, 1.82) is 0 Å². The van der Waals surface area contributed by atoms with E-state index in [1.807, 2.05) is 4.57 Å². The molecule has 0 unspecified atom stereocenters. The Balaban J connectivity index is 2.14. The normalized spacial score (nSPS) is 11.5. The molecule has 26 heavy (non-hydrogen) atoms. The first-order valence-corrected chi connectivity index (χ1v) is 10.9. The number of aryl methyl sites for hydroxylation is 2. The number of aromatic nitrogens is 4. The number of hydrogen-bond acceptors (Lipinski definition) is 4. The van der Waals surface area contributed by atoms with E-state index < -0.39 is 5.69 Å². The molecule has 0 spiro atoms. The third-order valence-corrected chi connectivity index (χ3v) is 5.75. The van der Waals surface area contributed by atoms with Crippen molar-refractivity contribution in [2.45, 2.75) is 83.3 Å². The first kappa shape index (κ1) is 20.8. The second kappa shape index (κ2) is 10.6. The van der Waals surface area contributed by atoms with Crippen molar-refractivity contribution in [1.82, 2.24) is 19.1 Å². The maximum atomic E-state index is 12.4. The van der Waals surface area contributed by atoms with Crippen LogP contribution in [-0.4, -0.2) is 24.9 Å². The third kappa shape index (κ3) is 5.25. The van der Waals surface area contributed by atoms with Crippen molar-refractivity contribution >= 4 is 22.9 Å². The molecule has 1 N–H and O–H groups in total. The fourth-order valence-corrected chi connectivity index (χ4v) is 4.12. The van der Waals surface area contributed by atoms with Crippen LogP contribution in [0.3, 0.4) is 0 Å². The van der Waals surface area contributed by atoms with E-state index in [1.165, 1.54) is 36.7 Å². The van der Waals surface area contributed by atoms with Crippen LogP contribution in [0.2, 0.25) is 0 Å². The number of rotatable bonds is 12. The Kier molecular flexibility index (Phi) is 8.48. The minimum absolute atomic E-state index is 0.335. The van der Waals surface area contributed by atoms with Crippen LogP contribution >= 0.6 is 11.8 Å². The molecule has 0 saturated carbocycles. The van der Waals surface area contributed by atoms with Crippen LogP contribution in [0, 0.1) is 0 Å². The molecule has 2 aromatic heterocycles. The highest BCUT2D eigenvalue weighted by atomic mass is 32.2. The SMILES string of the molecule is CCCCCCCCSc1nc2c(c(=O)[nH]c(=O)n2C)n1CCCCC. The van der Waals surface area contributed by atoms with Gasteiger partial charge in [-0.3, -0.25) is 14.3 Å². The molecule has 0 aliphatic rings. The van der Waals surface area contributed by atoms with Gasteiger partial charge in [-0.1, -0.05) is 70.6 Å². The molecule has 7 heteroatoms. The molecule has 0 atom stereocenters. The van der Waals surface area contributed by atoms with E-state index in [1.54, 1.807) is 18.8 Å². The van der Waals surface area contributed by atoms with E-state index in [4.69, 9.17) is 0 Å². The number of nitrogens with one attached hydrogen (secondary N) is 1. The number of imidazole rings is 1. The van der Waals surface area contributed by atoms with E-state index in [0.29, 0.717) is 11.2 Å². The Labute approximate surface area is 159 Å². The van der Waals surface area contributed by atoms with E-state index >= 15 is 0 Å². The zero-order valence-electron chi connectivity index (χ0n) is 16.3. The largest absolute Gasteiger partial charge is 0.329 e. The summed E-state index contributed by atoms with van der Waals surface area (Å²) in [6.07, 6.45) is 10.8. The summed E-state index contributed by atoms with van der Waals surface area (Å²) in [5, 5.41) is 0.858. The highest BCUT2D eigenvalue weighted by Gasteiger charge is 2.17. The lowest BCUT2D eigenvalue weighted by Gasteiger charge is -2.08. The average Bonchev–Trinajstić information content (AvgIpc) is 2.98. The quantitative estimate of drug-likeness (QED) is 0.445. The van der Waals surface area contributed by atoms with Crippen molar-refractivity contribution in [3.8, 4) is 0 Å². The monoisotopic (exact) mass is 380 g/mol. The van der Waals surface area contributed by atoms with Crippen LogP contribution in [-0.2, 0) is 13.6 Å². The van der Waals surface area contributed by atoms with E-state index in [0.717, 1.165) is 43.1 Å². The van der Waals surface area contributed by atoms with Gasteiger partial charge in [0, 0.05) is 19.3 Å². The maximum absolute atomic E-state index is 12.4. The van der Waals surface area contributed by atoms with Gasteiger partial charge in [0.2, 0.25) is 0 Å². The van der Waals surface area contributed by atoms with Crippen LogP contribution in [0.5, 0.6) is 0 Å². The Morgan fingerprint density at radius 1 is 0.962 bits per heavy atom. The highest BCUT2D eigenvalue weighted by molar-refractivity contribution is 7.99. The molecule has 6 nitrogen and oxygen atoms in total. The fourth-order valence-electron chi connectivity index (χ4n) is 3.10. The van der Waals surface area contributed by atoms with Crippen molar-refractivity contribution in [2.24, 2.45) is 7.05 Å². The molecule has 0 aliphatic heterocycles. The summed E-state index contributed by atoms with van der Waals surface area (Å²) in [5.41, 5.74) is 0.265. The number of unbranched alkanes of at least 4 members (excludes halogenated alkanes) is 7. The topological polar surface area (TPSA) is 72.7 Å². The van der Waals surface area contributed by atoms with Gasteiger partial charge in [0.25, 0.3) is 5.56 Å². The predicted octanol–water partition coefficient (Wildman–Crippen LogP) is 4.07. The van der Waals surface area contributed by atoms with Gasteiger partial charge >= 0.3 is 5.69 Å². The first-order chi connectivity index (χ1) is 12.6. The summed E-state index contributed by atoms with van der Waals surface area (Å²) in [5.74, 6) is 0.995. The molecular formula is C19H32N4O2S. The Morgan fingerprint density at radius 2 is 1.62 bits per heavy atom. The lowest BCUT2D eigenvalue weighted by molar-refractivity contribution is 0.577. The fraction of sp³-hybridized carbons (Fsp3) is 0.737. The molecule has 0 aliphatic carbocycles. The molecule has 0 amide bonds. The molecule has 0 radical (unpaired) electrons.